The molecule has 0 aliphatic carbocycles. The van der Waals surface area contributed by atoms with Crippen molar-refractivity contribution in [1.29, 1.82) is 0 Å². The first-order valence-corrected chi connectivity index (χ1v) is 8.67. The molecule has 0 aliphatic heterocycles. The van der Waals surface area contributed by atoms with Crippen molar-refractivity contribution in [3.8, 4) is 0 Å². The average Bonchev–Trinajstić information content (AvgIpc) is 2.94. The smallest absolute Gasteiger partial charge is 0.191 e. The quantitative estimate of drug-likeness (QED) is 0.642. The lowest BCUT2D eigenvalue weighted by Crippen LogP contribution is -2.07. The molecule has 0 saturated heterocycles. The second kappa shape index (κ2) is 7.45. The number of nitrogens with zero attached hydrogens (tertiary/aromatic N) is 3. The number of thioether (sulfide) groups is 1. The van der Waals surface area contributed by atoms with Crippen LogP contribution >= 0.6 is 11.8 Å². The Morgan fingerprint density at radius 1 is 1.04 bits per heavy atom. The fourth-order valence-corrected chi connectivity index (χ4v) is 3.52. The third-order valence-corrected chi connectivity index (χ3v) is 5.23. The SMILES string of the molecule is CC(=O)C(Sc1nnc(Cc2ccccc2)n1C)c1ccccc1. The molecule has 0 radical (unpaired) electrons. The molecule has 122 valence electrons. The van der Waals surface area contributed by atoms with Gasteiger partial charge in [0.25, 0.3) is 0 Å². The maximum Gasteiger partial charge on any atom is 0.191 e. The van der Waals surface area contributed by atoms with E-state index in [1.54, 1.807) is 6.92 Å². The summed E-state index contributed by atoms with van der Waals surface area (Å²) in [5, 5.41) is 9.07. The predicted octanol–water partition coefficient (Wildman–Crippen LogP) is 3.83. The minimum absolute atomic E-state index is 0.110. The van der Waals surface area contributed by atoms with Crippen LogP contribution < -0.4 is 0 Å². The Balaban J connectivity index is 1.81. The van der Waals surface area contributed by atoms with Crippen molar-refractivity contribution in [1.82, 2.24) is 14.8 Å². The van der Waals surface area contributed by atoms with Crippen molar-refractivity contribution in [2.24, 2.45) is 7.05 Å². The highest BCUT2D eigenvalue weighted by Crippen LogP contribution is 2.35. The third kappa shape index (κ3) is 3.74. The maximum atomic E-state index is 12.1. The zero-order valence-electron chi connectivity index (χ0n) is 13.7. The number of ketones is 1. The molecule has 0 amide bonds. The van der Waals surface area contributed by atoms with Crippen molar-refractivity contribution in [3.05, 3.63) is 77.6 Å². The molecule has 4 nitrogen and oxygen atoms in total. The van der Waals surface area contributed by atoms with E-state index in [0.29, 0.717) is 0 Å². The second-order valence-corrected chi connectivity index (χ2v) is 6.71. The molecule has 5 heteroatoms. The molecule has 3 aromatic rings. The monoisotopic (exact) mass is 337 g/mol. The number of rotatable bonds is 6. The summed E-state index contributed by atoms with van der Waals surface area (Å²) in [7, 11) is 1.95. The van der Waals surface area contributed by atoms with Gasteiger partial charge in [0.2, 0.25) is 0 Å². The van der Waals surface area contributed by atoms with Crippen LogP contribution in [0.5, 0.6) is 0 Å². The Hall–Kier alpha value is -2.40. The molecule has 0 fully saturated rings. The highest BCUT2D eigenvalue weighted by molar-refractivity contribution is 8.00. The van der Waals surface area contributed by atoms with Gasteiger partial charge in [0.15, 0.2) is 5.16 Å². The lowest BCUT2D eigenvalue weighted by molar-refractivity contribution is -0.116. The van der Waals surface area contributed by atoms with Crippen LogP contribution in [-0.2, 0) is 18.3 Å². The molecular weight excluding hydrogens is 318 g/mol. The maximum absolute atomic E-state index is 12.1. The van der Waals surface area contributed by atoms with Crippen molar-refractivity contribution >= 4 is 17.5 Å². The molecule has 0 bridgehead atoms. The van der Waals surface area contributed by atoms with E-state index in [2.05, 4.69) is 22.3 Å². The van der Waals surface area contributed by atoms with E-state index in [1.807, 2.05) is 60.1 Å². The molecule has 0 N–H and O–H groups in total. The third-order valence-electron chi connectivity index (χ3n) is 3.82. The number of carbonyl (C=O) groups is 1. The van der Waals surface area contributed by atoms with E-state index in [9.17, 15) is 4.79 Å². The summed E-state index contributed by atoms with van der Waals surface area (Å²) in [6, 6.07) is 20.0. The number of hydrogen-bond acceptors (Lipinski definition) is 4. The van der Waals surface area contributed by atoms with Gasteiger partial charge in [-0.25, -0.2) is 0 Å². The Bertz CT molecular complexity index is 815. The van der Waals surface area contributed by atoms with Gasteiger partial charge in [-0.2, -0.15) is 0 Å². The standard InChI is InChI=1S/C19H19N3OS/c1-14(23)18(16-11-7-4-8-12-16)24-19-21-20-17(22(19)2)13-15-9-5-3-6-10-15/h3-12,18H,13H2,1-2H3. The summed E-state index contributed by atoms with van der Waals surface area (Å²) in [5.74, 6) is 0.998. The van der Waals surface area contributed by atoms with E-state index >= 15 is 0 Å². The van der Waals surface area contributed by atoms with Crippen LogP contribution in [0.2, 0.25) is 0 Å². The number of aromatic nitrogens is 3. The largest absolute Gasteiger partial charge is 0.309 e. The van der Waals surface area contributed by atoms with Crippen LogP contribution in [-0.4, -0.2) is 20.5 Å². The summed E-state index contributed by atoms with van der Waals surface area (Å²) >= 11 is 1.45. The van der Waals surface area contributed by atoms with Gasteiger partial charge in [0.05, 0.1) is 5.25 Å². The predicted molar refractivity (Wildman–Crippen MR) is 96.0 cm³/mol. The van der Waals surface area contributed by atoms with E-state index in [1.165, 1.54) is 17.3 Å². The van der Waals surface area contributed by atoms with E-state index < -0.39 is 0 Å². The molecule has 0 saturated carbocycles. The molecule has 0 spiro atoms. The fraction of sp³-hybridized carbons (Fsp3) is 0.211. The molecule has 1 aromatic heterocycles. The Kier molecular flexibility index (Phi) is 5.11. The first-order chi connectivity index (χ1) is 11.6. The first-order valence-electron chi connectivity index (χ1n) is 7.79. The van der Waals surface area contributed by atoms with E-state index in [4.69, 9.17) is 0 Å². The van der Waals surface area contributed by atoms with Crippen LogP contribution in [0.4, 0.5) is 0 Å². The molecule has 1 atom stereocenters. The molecule has 0 aliphatic rings. The van der Waals surface area contributed by atoms with Gasteiger partial charge in [0.1, 0.15) is 11.6 Å². The van der Waals surface area contributed by atoms with Crippen LogP contribution in [0.15, 0.2) is 65.8 Å². The topological polar surface area (TPSA) is 47.8 Å². The van der Waals surface area contributed by atoms with Crippen LogP contribution in [0.1, 0.15) is 29.1 Å². The van der Waals surface area contributed by atoms with Crippen molar-refractivity contribution in [2.45, 2.75) is 23.8 Å². The Morgan fingerprint density at radius 3 is 2.29 bits per heavy atom. The molecular formula is C19H19N3OS. The number of benzene rings is 2. The normalized spacial score (nSPS) is 12.1. The highest BCUT2D eigenvalue weighted by atomic mass is 32.2. The first kappa shape index (κ1) is 16.5. The fourth-order valence-electron chi connectivity index (χ4n) is 2.50. The van der Waals surface area contributed by atoms with Crippen LogP contribution in [0, 0.1) is 0 Å². The number of hydrogen-bond donors (Lipinski definition) is 0. The van der Waals surface area contributed by atoms with Gasteiger partial charge in [-0.05, 0) is 18.1 Å². The zero-order valence-corrected chi connectivity index (χ0v) is 14.5. The average molecular weight is 337 g/mol. The Labute approximate surface area is 145 Å². The lowest BCUT2D eigenvalue weighted by atomic mass is 10.1. The number of Topliss-reactive ketones (excluding diaryl/α,β-unsaturated/α-hetero) is 1. The molecule has 1 unspecified atom stereocenters. The molecule has 24 heavy (non-hydrogen) atoms. The van der Waals surface area contributed by atoms with Crippen molar-refractivity contribution in [2.75, 3.05) is 0 Å². The zero-order chi connectivity index (χ0) is 16.9. The minimum atomic E-state index is -0.265. The van der Waals surface area contributed by atoms with E-state index in [-0.39, 0.29) is 11.0 Å². The molecule has 3 rings (SSSR count). The summed E-state index contributed by atoms with van der Waals surface area (Å²) < 4.78 is 1.97. The summed E-state index contributed by atoms with van der Waals surface area (Å²) in [6.45, 7) is 1.62. The minimum Gasteiger partial charge on any atom is -0.309 e. The lowest BCUT2D eigenvalue weighted by Gasteiger charge is -2.13. The van der Waals surface area contributed by atoms with Crippen molar-refractivity contribution < 1.29 is 4.79 Å². The highest BCUT2D eigenvalue weighted by Gasteiger charge is 2.21. The molecule has 1 heterocycles. The number of carbonyl (C=O) groups excluding carboxylic acids is 1. The van der Waals surface area contributed by atoms with Gasteiger partial charge in [-0.1, -0.05) is 72.4 Å². The van der Waals surface area contributed by atoms with Crippen molar-refractivity contribution in [3.63, 3.8) is 0 Å². The van der Waals surface area contributed by atoms with Gasteiger partial charge in [0, 0.05) is 13.5 Å². The van der Waals surface area contributed by atoms with Crippen LogP contribution in [0.3, 0.4) is 0 Å². The summed E-state index contributed by atoms with van der Waals surface area (Å²) in [6.07, 6.45) is 0.723. The van der Waals surface area contributed by atoms with Gasteiger partial charge < -0.3 is 4.57 Å². The molecule has 2 aromatic carbocycles. The Morgan fingerprint density at radius 2 is 1.67 bits per heavy atom. The van der Waals surface area contributed by atoms with Crippen LogP contribution in [0.25, 0.3) is 0 Å². The second-order valence-electron chi connectivity index (χ2n) is 5.64. The van der Waals surface area contributed by atoms with Gasteiger partial charge >= 0.3 is 0 Å². The summed E-state index contributed by atoms with van der Waals surface area (Å²) in [5.41, 5.74) is 2.18. The van der Waals surface area contributed by atoms with E-state index in [0.717, 1.165) is 23.0 Å². The van der Waals surface area contributed by atoms with Gasteiger partial charge in [-0.3, -0.25) is 4.79 Å². The van der Waals surface area contributed by atoms with Gasteiger partial charge in [-0.15, -0.1) is 10.2 Å². The summed E-state index contributed by atoms with van der Waals surface area (Å²) in [4.78, 5) is 12.1.